The Morgan fingerprint density at radius 2 is 2.11 bits per heavy atom. The van der Waals surface area contributed by atoms with Crippen molar-refractivity contribution in [3.05, 3.63) is 40.7 Å². The summed E-state index contributed by atoms with van der Waals surface area (Å²) >= 11 is 3.44. The van der Waals surface area contributed by atoms with Crippen molar-refractivity contribution in [2.24, 2.45) is 0 Å². The molecule has 2 nitrogen and oxygen atoms in total. The average Bonchev–Trinajstić information content (AvgIpc) is 2.88. The Bertz CT molecular complexity index is 484. The maximum absolute atomic E-state index is 9.95. The third-order valence-corrected chi connectivity index (χ3v) is 4.88. The largest absolute Gasteiger partial charge is 0.392 e. The van der Waals surface area contributed by atoms with Crippen LogP contribution in [-0.4, -0.2) is 27.7 Å². The second-order valence-electron chi connectivity index (χ2n) is 4.43. The van der Waals surface area contributed by atoms with Crippen molar-refractivity contribution >= 4 is 23.1 Å². The van der Waals surface area contributed by atoms with E-state index in [1.165, 1.54) is 0 Å². The van der Waals surface area contributed by atoms with E-state index in [1.54, 1.807) is 11.3 Å². The molecule has 0 aliphatic carbocycles. The number of nitrogens with zero attached hydrogens (tertiary/aromatic N) is 1. The van der Waals surface area contributed by atoms with Crippen molar-refractivity contribution in [1.82, 2.24) is 4.98 Å². The van der Waals surface area contributed by atoms with E-state index in [0.717, 1.165) is 34.2 Å². The van der Waals surface area contributed by atoms with Crippen LogP contribution in [0.2, 0.25) is 0 Å². The zero-order chi connectivity index (χ0) is 13.5. The van der Waals surface area contributed by atoms with E-state index < -0.39 is 0 Å². The lowest BCUT2D eigenvalue weighted by Crippen LogP contribution is -2.13. The minimum absolute atomic E-state index is 0.286. The highest BCUT2D eigenvalue weighted by atomic mass is 32.2. The molecule has 19 heavy (non-hydrogen) atoms. The lowest BCUT2D eigenvalue weighted by Gasteiger charge is -2.07. The van der Waals surface area contributed by atoms with Crippen LogP contribution in [0.15, 0.2) is 35.7 Å². The molecule has 1 heterocycles. The maximum atomic E-state index is 9.95. The summed E-state index contributed by atoms with van der Waals surface area (Å²) in [5.74, 6) is 1.91. The van der Waals surface area contributed by atoms with E-state index in [4.69, 9.17) is 0 Å². The zero-order valence-corrected chi connectivity index (χ0v) is 12.7. The molecule has 0 saturated heterocycles. The number of hydrogen-bond donors (Lipinski definition) is 1. The molecule has 0 bridgehead atoms. The van der Waals surface area contributed by atoms with Crippen LogP contribution < -0.4 is 0 Å². The first-order valence-corrected chi connectivity index (χ1v) is 8.58. The van der Waals surface area contributed by atoms with Gasteiger partial charge >= 0.3 is 0 Å². The van der Waals surface area contributed by atoms with E-state index in [2.05, 4.69) is 29.4 Å². The standard InChI is InChI=1S/C15H19NOS2/c1-2-8-18-10-13(17)9-15-16-14(11-19-15)12-6-4-3-5-7-12/h3-7,11,13,17H,2,8-10H2,1H3. The number of thioether (sulfide) groups is 1. The highest BCUT2D eigenvalue weighted by molar-refractivity contribution is 7.99. The molecule has 1 aromatic carbocycles. The number of thiazole rings is 1. The molecule has 1 aromatic heterocycles. The Morgan fingerprint density at radius 1 is 1.32 bits per heavy atom. The van der Waals surface area contributed by atoms with Gasteiger partial charge < -0.3 is 5.11 Å². The molecule has 2 rings (SSSR count). The van der Waals surface area contributed by atoms with Gasteiger partial charge in [-0.2, -0.15) is 11.8 Å². The minimum atomic E-state index is -0.286. The normalized spacial score (nSPS) is 12.5. The van der Waals surface area contributed by atoms with Gasteiger partial charge in [0.1, 0.15) is 0 Å². The zero-order valence-electron chi connectivity index (χ0n) is 11.1. The van der Waals surface area contributed by atoms with Gasteiger partial charge in [0.05, 0.1) is 16.8 Å². The number of aromatic nitrogens is 1. The smallest absolute Gasteiger partial charge is 0.0958 e. The van der Waals surface area contributed by atoms with Crippen molar-refractivity contribution in [3.63, 3.8) is 0 Å². The fraction of sp³-hybridized carbons (Fsp3) is 0.400. The van der Waals surface area contributed by atoms with Gasteiger partial charge in [-0.05, 0) is 12.2 Å². The third kappa shape index (κ3) is 4.64. The summed E-state index contributed by atoms with van der Waals surface area (Å²) < 4.78 is 0. The van der Waals surface area contributed by atoms with Crippen molar-refractivity contribution in [2.75, 3.05) is 11.5 Å². The van der Waals surface area contributed by atoms with Crippen molar-refractivity contribution in [3.8, 4) is 11.3 Å². The van der Waals surface area contributed by atoms with Gasteiger partial charge in [0.15, 0.2) is 0 Å². The monoisotopic (exact) mass is 293 g/mol. The van der Waals surface area contributed by atoms with E-state index in [-0.39, 0.29) is 6.10 Å². The lowest BCUT2D eigenvalue weighted by atomic mass is 10.2. The highest BCUT2D eigenvalue weighted by Gasteiger charge is 2.10. The van der Waals surface area contributed by atoms with Crippen LogP contribution in [0.3, 0.4) is 0 Å². The first-order valence-electron chi connectivity index (χ1n) is 6.55. The van der Waals surface area contributed by atoms with Gasteiger partial charge in [-0.3, -0.25) is 0 Å². The van der Waals surface area contributed by atoms with Gasteiger partial charge in [-0.15, -0.1) is 11.3 Å². The first-order chi connectivity index (χ1) is 9.29. The molecular weight excluding hydrogens is 274 g/mol. The van der Waals surface area contributed by atoms with Crippen molar-refractivity contribution < 1.29 is 5.11 Å². The van der Waals surface area contributed by atoms with Crippen LogP contribution in [0.25, 0.3) is 11.3 Å². The summed E-state index contributed by atoms with van der Waals surface area (Å²) in [5.41, 5.74) is 2.15. The van der Waals surface area contributed by atoms with Gasteiger partial charge in [-0.25, -0.2) is 4.98 Å². The molecule has 1 atom stereocenters. The average molecular weight is 293 g/mol. The fourth-order valence-electron chi connectivity index (χ4n) is 1.77. The van der Waals surface area contributed by atoms with Gasteiger partial charge in [0.2, 0.25) is 0 Å². The molecule has 1 N–H and O–H groups in total. The minimum Gasteiger partial charge on any atom is -0.392 e. The molecule has 0 amide bonds. The predicted molar refractivity (Wildman–Crippen MR) is 84.9 cm³/mol. The van der Waals surface area contributed by atoms with Crippen LogP contribution in [-0.2, 0) is 6.42 Å². The van der Waals surface area contributed by atoms with Crippen LogP contribution in [0.4, 0.5) is 0 Å². The molecule has 2 aromatic rings. The second-order valence-corrected chi connectivity index (χ2v) is 6.52. The summed E-state index contributed by atoms with van der Waals surface area (Å²) in [6.45, 7) is 2.16. The molecule has 0 radical (unpaired) electrons. The van der Waals surface area contributed by atoms with Gasteiger partial charge in [0.25, 0.3) is 0 Å². The molecule has 0 fully saturated rings. The SMILES string of the molecule is CCCSCC(O)Cc1nc(-c2ccccc2)cs1. The van der Waals surface area contributed by atoms with E-state index in [0.29, 0.717) is 6.42 Å². The summed E-state index contributed by atoms with van der Waals surface area (Å²) in [5, 5.41) is 13.0. The number of rotatable bonds is 7. The van der Waals surface area contributed by atoms with Gasteiger partial charge in [-0.1, -0.05) is 37.3 Å². The predicted octanol–water partition coefficient (Wildman–Crippen LogP) is 3.86. The molecule has 0 aliphatic heterocycles. The molecule has 1 unspecified atom stereocenters. The Balaban J connectivity index is 1.91. The Morgan fingerprint density at radius 3 is 2.84 bits per heavy atom. The number of aliphatic hydroxyl groups excluding tert-OH is 1. The number of aliphatic hydroxyl groups is 1. The van der Waals surface area contributed by atoms with Gasteiger partial charge in [0, 0.05) is 23.1 Å². The quantitative estimate of drug-likeness (QED) is 0.787. The summed E-state index contributed by atoms with van der Waals surface area (Å²) in [7, 11) is 0. The maximum Gasteiger partial charge on any atom is 0.0958 e. The van der Waals surface area contributed by atoms with Crippen molar-refractivity contribution in [2.45, 2.75) is 25.9 Å². The number of hydrogen-bond acceptors (Lipinski definition) is 4. The third-order valence-electron chi connectivity index (χ3n) is 2.69. The molecule has 0 aliphatic rings. The highest BCUT2D eigenvalue weighted by Crippen LogP contribution is 2.22. The molecule has 0 saturated carbocycles. The first kappa shape index (κ1) is 14.6. The Labute approximate surface area is 122 Å². The Kier molecular flexibility index (Phi) is 5.89. The van der Waals surface area contributed by atoms with Crippen LogP contribution >= 0.6 is 23.1 Å². The fourth-order valence-corrected chi connectivity index (χ4v) is 3.49. The topological polar surface area (TPSA) is 33.1 Å². The Hall–Kier alpha value is -0.840. The molecular formula is C15H19NOS2. The lowest BCUT2D eigenvalue weighted by molar-refractivity contribution is 0.200. The molecule has 0 spiro atoms. The number of benzene rings is 1. The van der Waals surface area contributed by atoms with E-state index >= 15 is 0 Å². The van der Waals surface area contributed by atoms with Crippen LogP contribution in [0, 0.1) is 0 Å². The molecule has 4 heteroatoms. The second kappa shape index (κ2) is 7.68. The van der Waals surface area contributed by atoms with E-state index in [9.17, 15) is 5.11 Å². The van der Waals surface area contributed by atoms with Crippen molar-refractivity contribution in [1.29, 1.82) is 0 Å². The molecule has 102 valence electrons. The van der Waals surface area contributed by atoms with Crippen LogP contribution in [0.5, 0.6) is 0 Å². The van der Waals surface area contributed by atoms with Crippen LogP contribution in [0.1, 0.15) is 18.4 Å². The summed E-state index contributed by atoms with van der Waals surface area (Å²) in [4.78, 5) is 4.60. The van der Waals surface area contributed by atoms with E-state index in [1.807, 2.05) is 30.0 Å². The summed E-state index contributed by atoms with van der Waals surface area (Å²) in [6.07, 6.45) is 1.53. The summed E-state index contributed by atoms with van der Waals surface area (Å²) in [6, 6.07) is 10.2.